The molecule has 10 heteroatoms. The molecular weight excluding hydrogens is 412 g/mol. The van der Waals surface area contributed by atoms with Crippen molar-refractivity contribution in [3.8, 4) is 0 Å². The summed E-state index contributed by atoms with van der Waals surface area (Å²) < 4.78 is 52.4. The first-order chi connectivity index (χ1) is 14.3. The van der Waals surface area contributed by atoms with Gasteiger partial charge in [0.2, 0.25) is 10.0 Å². The summed E-state index contributed by atoms with van der Waals surface area (Å²) in [5, 5.41) is 3.32. The molecular formula is C20H31F2N5O2S. The summed E-state index contributed by atoms with van der Waals surface area (Å²) in [5.74, 6) is 0.332. The van der Waals surface area contributed by atoms with Gasteiger partial charge in [0.25, 0.3) is 0 Å². The summed E-state index contributed by atoms with van der Waals surface area (Å²) in [7, 11) is -3.12. The quantitative estimate of drug-likeness (QED) is 0.555. The van der Waals surface area contributed by atoms with Crippen molar-refractivity contribution in [1.29, 1.82) is 0 Å². The van der Waals surface area contributed by atoms with Crippen LogP contribution in [0.1, 0.15) is 19.8 Å². The van der Waals surface area contributed by atoms with Gasteiger partial charge in [-0.1, -0.05) is 0 Å². The Bertz CT molecular complexity index is 849. The minimum Gasteiger partial charge on any atom is -0.366 e. The van der Waals surface area contributed by atoms with Gasteiger partial charge in [0, 0.05) is 58.4 Å². The standard InChI is InChI=1S/C20H31F2N5O2S/c1-3-23-20(24-15-16-6-8-27(9-7-16)30(2,28)29)26-12-10-25(11-13-26)19-14-17(21)4-5-18(19)22/h4-5,14,16H,3,6-13,15H2,1-2H3,(H,23,24). The summed E-state index contributed by atoms with van der Waals surface area (Å²) in [6, 6.07) is 3.54. The topological polar surface area (TPSA) is 68.2 Å². The third-order valence-corrected chi connectivity index (χ3v) is 7.01. The fraction of sp³-hybridized carbons (Fsp3) is 0.650. The van der Waals surface area contributed by atoms with E-state index in [0.29, 0.717) is 57.4 Å². The molecule has 1 aromatic carbocycles. The Morgan fingerprint density at radius 2 is 1.80 bits per heavy atom. The first kappa shape index (κ1) is 22.7. The van der Waals surface area contributed by atoms with Crippen LogP contribution in [0.4, 0.5) is 14.5 Å². The molecule has 3 rings (SSSR count). The zero-order valence-electron chi connectivity index (χ0n) is 17.6. The zero-order chi connectivity index (χ0) is 21.7. The molecule has 0 amide bonds. The number of benzene rings is 1. The number of guanidine groups is 1. The number of sulfonamides is 1. The number of nitrogens with one attached hydrogen (secondary N) is 1. The molecule has 0 spiro atoms. The van der Waals surface area contributed by atoms with E-state index in [9.17, 15) is 17.2 Å². The second kappa shape index (κ2) is 9.91. The molecule has 168 valence electrons. The van der Waals surface area contributed by atoms with Crippen molar-refractivity contribution in [2.45, 2.75) is 19.8 Å². The van der Waals surface area contributed by atoms with E-state index in [2.05, 4.69) is 10.2 Å². The summed E-state index contributed by atoms with van der Waals surface area (Å²) >= 11 is 0. The summed E-state index contributed by atoms with van der Waals surface area (Å²) in [6.07, 6.45) is 2.87. The first-order valence-corrected chi connectivity index (χ1v) is 12.3. The Balaban J connectivity index is 1.56. The van der Waals surface area contributed by atoms with Crippen LogP contribution in [0.5, 0.6) is 0 Å². The molecule has 0 aliphatic carbocycles. The highest BCUT2D eigenvalue weighted by atomic mass is 32.2. The number of hydrogen-bond donors (Lipinski definition) is 1. The minimum absolute atomic E-state index is 0.300. The average molecular weight is 444 g/mol. The van der Waals surface area contributed by atoms with Crippen LogP contribution in [-0.2, 0) is 10.0 Å². The second-order valence-corrected chi connectivity index (χ2v) is 9.85. The van der Waals surface area contributed by atoms with E-state index in [1.807, 2.05) is 11.8 Å². The van der Waals surface area contributed by atoms with Gasteiger partial charge in [0.15, 0.2) is 5.96 Å². The van der Waals surface area contributed by atoms with Crippen LogP contribution in [0.2, 0.25) is 0 Å². The third kappa shape index (κ3) is 5.81. The van der Waals surface area contributed by atoms with Gasteiger partial charge in [-0.05, 0) is 37.8 Å². The third-order valence-electron chi connectivity index (χ3n) is 5.70. The van der Waals surface area contributed by atoms with Crippen molar-refractivity contribution < 1.29 is 17.2 Å². The van der Waals surface area contributed by atoms with Crippen LogP contribution >= 0.6 is 0 Å². The zero-order valence-corrected chi connectivity index (χ0v) is 18.5. The molecule has 1 aromatic rings. The number of hydrogen-bond acceptors (Lipinski definition) is 4. The molecule has 0 aromatic heterocycles. The lowest BCUT2D eigenvalue weighted by Crippen LogP contribution is -2.53. The Labute approximate surface area is 177 Å². The van der Waals surface area contributed by atoms with Crippen molar-refractivity contribution in [2.75, 3.05) is 63.5 Å². The maximum Gasteiger partial charge on any atom is 0.211 e. The number of halogens is 2. The van der Waals surface area contributed by atoms with Gasteiger partial charge in [-0.25, -0.2) is 21.5 Å². The molecule has 2 aliphatic rings. The second-order valence-electron chi connectivity index (χ2n) is 7.87. The molecule has 1 N–H and O–H groups in total. The molecule has 2 aliphatic heterocycles. The number of aliphatic imine (C=N–C) groups is 1. The van der Waals surface area contributed by atoms with Crippen molar-refractivity contribution in [3.63, 3.8) is 0 Å². The van der Waals surface area contributed by atoms with Crippen LogP contribution in [0.3, 0.4) is 0 Å². The molecule has 2 saturated heterocycles. The average Bonchev–Trinajstić information content (AvgIpc) is 2.73. The van der Waals surface area contributed by atoms with Crippen LogP contribution < -0.4 is 10.2 Å². The lowest BCUT2D eigenvalue weighted by molar-refractivity contribution is 0.279. The largest absolute Gasteiger partial charge is 0.366 e. The lowest BCUT2D eigenvalue weighted by Gasteiger charge is -2.38. The summed E-state index contributed by atoms with van der Waals surface area (Å²) in [6.45, 7) is 6.99. The number of anilines is 1. The van der Waals surface area contributed by atoms with Crippen LogP contribution in [0.25, 0.3) is 0 Å². The number of piperidine rings is 1. The van der Waals surface area contributed by atoms with Gasteiger partial charge in [-0.15, -0.1) is 0 Å². The van der Waals surface area contributed by atoms with Crippen LogP contribution in [0, 0.1) is 17.6 Å². The molecule has 0 unspecified atom stereocenters. The fourth-order valence-electron chi connectivity index (χ4n) is 3.95. The van der Waals surface area contributed by atoms with Gasteiger partial charge in [-0.3, -0.25) is 4.99 Å². The van der Waals surface area contributed by atoms with E-state index >= 15 is 0 Å². The highest BCUT2D eigenvalue weighted by Gasteiger charge is 2.26. The molecule has 30 heavy (non-hydrogen) atoms. The van der Waals surface area contributed by atoms with Crippen molar-refractivity contribution in [1.82, 2.24) is 14.5 Å². The molecule has 0 saturated carbocycles. The highest BCUT2D eigenvalue weighted by molar-refractivity contribution is 7.88. The van der Waals surface area contributed by atoms with Crippen molar-refractivity contribution in [3.05, 3.63) is 29.8 Å². The molecule has 2 heterocycles. The van der Waals surface area contributed by atoms with Crippen molar-refractivity contribution in [2.24, 2.45) is 10.9 Å². The Kier molecular flexibility index (Phi) is 7.51. The Morgan fingerprint density at radius 3 is 2.40 bits per heavy atom. The maximum atomic E-state index is 14.1. The molecule has 2 fully saturated rings. The Morgan fingerprint density at radius 1 is 1.13 bits per heavy atom. The maximum absolute atomic E-state index is 14.1. The normalized spacial score (nSPS) is 19.9. The Hall–Kier alpha value is -1.94. The number of rotatable bonds is 5. The van der Waals surface area contributed by atoms with Crippen LogP contribution in [0.15, 0.2) is 23.2 Å². The smallest absolute Gasteiger partial charge is 0.211 e. The van der Waals surface area contributed by atoms with E-state index in [-0.39, 0.29) is 0 Å². The molecule has 0 radical (unpaired) electrons. The monoisotopic (exact) mass is 443 g/mol. The van der Waals surface area contributed by atoms with E-state index in [0.717, 1.165) is 37.5 Å². The highest BCUT2D eigenvalue weighted by Crippen LogP contribution is 2.22. The molecule has 7 nitrogen and oxygen atoms in total. The van der Waals surface area contributed by atoms with Gasteiger partial charge >= 0.3 is 0 Å². The van der Waals surface area contributed by atoms with Crippen molar-refractivity contribution >= 4 is 21.7 Å². The molecule has 0 bridgehead atoms. The van der Waals surface area contributed by atoms with E-state index < -0.39 is 21.7 Å². The first-order valence-electron chi connectivity index (χ1n) is 10.5. The lowest BCUT2D eigenvalue weighted by atomic mass is 9.98. The summed E-state index contributed by atoms with van der Waals surface area (Å²) in [5.41, 5.74) is 0.300. The number of piperazine rings is 1. The van der Waals surface area contributed by atoms with E-state index in [4.69, 9.17) is 4.99 Å². The fourth-order valence-corrected chi connectivity index (χ4v) is 4.83. The van der Waals surface area contributed by atoms with Gasteiger partial charge < -0.3 is 15.1 Å². The summed E-state index contributed by atoms with van der Waals surface area (Å²) in [4.78, 5) is 8.79. The predicted molar refractivity (Wildman–Crippen MR) is 115 cm³/mol. The van der Waals surface area contributed by atoms with Gasteiger partial charge in [0.1, 0.15) is 11.6 Å². The van der Waals surface area contributed by atoms with Crippen LogP contribution in [-0.4, -0.2) is 82.2 Å². The van der Waals surface area contributed by atoms with Gasteiger partial charge in [0.05, 0.1) is 11.9 Å². The van der Waals surface area contributed by atoms with Gasteiger partial charge in [-0.2, -0.15) is 0 Å². The SMILES string of the molecule is CCNC(=NCC1CCN(S(C)(=O)=O)CC1)N1CCN(c2cc(F)ccc2F)CC1. The number of nitrogens with zero attached hydrogens (tertiary/aromatic N) is 4. The predicted octanol–water partition coefficient (Wildman–Crippen LogP) is 1.72. The minimum atomic E-state index is -3.12. The van der Waals surface area contributed by atoms with E-state index in [1.54, 1.807) is 0 Å². The van der Waals surface area contributed by atoms with E-state index in [1.165, 1.54) is 16.6 Å². The molecule has 0 atom stereocenters.